The second kappa shape index (κ2) is 9.81. The van der Waals surface area contributed by atoms with Crippen LogP contribution in [-0.2, 0) is 9.47 Å². The fraction of sp³-hybridized carbons (Fsp3) is 0.619. The summed E-state index contributed by atoms with van der Waals surface area (Å²) in [5.74, 6) is -2.67. The number of rotatable bonds is 5. The first-order chi connectivity index (χ1) is 13.9. The maximum Gasteiger partial charge on any atom is 0.407 e. The molecule has 0 spiro atoms. The Balaban J connectivity index is 2.00. The van der Waals surface area contributed by atoms with E-state index < -0.39 is 39.9 Å². The third-order valence-electron chi connectivity index (χ3n) is 5.13. The predicted octanol–water partition coefficient (Wildman–Crippen LogP) is 5.29. The summed E-state index contributed by atoms with van der Waals surface area (Å²) in [4.78, 5) is 23.6. The van der Waals surface area contributed by atoms with Crippen LogP contribution in [0.25, 0.3) is 0 Å². The zero-order valence-corrected chi connectivity index (χ0v) is 18.7. The van der Waals surface area contributed by atoms with E-state index in [0.717, 1.165) is 38.9 Å². The number of amides is 1. The van der Waals surface area contributed by atoms with Crippen molar-refractivity contribution in [3.05, 3.63) is 28.3 Å². The highest BCUT2D eigenvalue weighted by atomic mass is 35.5. The topological polar surface area (TPSA) is 76.7 Å². The molecule has 1 saturated carbocycles. The van der Waals surface area contributed by atoms with Crippen LogP contribution in [0.2, 0.25) is 5.02 Å². The van der Waals surface area contributed by atoms with Gasteiger partial charge in [0.15, 0.2) is 5.82 Å². The number of carbonyl (C=O) groups excluding carboxylic acids is 2. The predicted molar refractivity (Wildman–Crippen MR) is 111 cm³/mol. The van der Waals surface area contributed by atoms with Crippen LogP contribution in [-0.4, -0.2) is 36.9 Å². The van der Waals surface area contributed by atoms with Crippen molar-refractivity contribution in [3.8, 4) is 0 Å². The molecule has 0 aromatic heterocycles. The van der Waals surface area contributed by atoms with Gasteiger partial charge in [0.05, 0.1) is 12.8 Å². The molecule has 1 aliphatic rings. The summed E-state index contributed by atoms with van der Waals surface area (Å²) >= 11 is 5.94. The molecule has 30 heavy (non-hydrogen) atoms. The first-order valence-corrected chi connectivity index (χ1v) is 10.3. The largest absolute Gasteiger partial charge is 0.465 e. The molecule has 0 aliphatic heterocycles. The molecular weight excluding hydrogens is 418 g/mol. The molecule has 1 aliphatic carbocycles. The molecule has 168 valence electrons. The van der Waals surface area contributed by atoms with Crippen LogP contribution in [0.15, 0.2) is 6.07 Å². The molecular formula is C21H29ClF2N2O4. The summed E-state index contributed by atoms with van der Waals surface area (Å²) in [6, 6.07) is 0.503. The molecule has 0 heterocycles. The number of methoxy groups -OCH3 is 1. The number of alkyl carbamates (subject to hydrolysis) is 1. The maximum atomic E-state index is 14.7. The van der Waals surface area contributed by atoms with Crippen LogP contribution in [0.1, 0.15) is 63.7 Å². The van der Waals surface area contributed by atoms with E-state index in [1.807, 2.05) is 6.92 Å². The smallest absolute Gasteiger partial charge is 0.407 e. The number of carbonyl (C=O) groups is 2. The molecule has 0 radical (unpaired) electrons. The van der Waals surface area contributed by atoms with Gasteiger partial charge in [-0.05, 0) is 65.4 Å². The summed E-state index contributed by atoms with van der Waals surface area (Å²) < 4.78 is 38.6. The van der Waals surface area contributed by atoms with E-state index in [-0.39, 0.29) is 23.7 Å². The lowest BCUT2D eigenvalue weighted by molar-refractivity contribution is 0.0485. The summed E-state index contributed by atoms with van der Waals surface area (Å²) in [5.41, 5.74) is -1.32. The number of hydrogen-bond donors (Lipinski definition) is 2. The molecule has 9 heteroatoms. The monoisotopic (exact) mass is 446 g/mol. The minimum atomic E-state index is -0.979. The van der Waals surface area contributed by atoms with Crippen molar-refractivity contribution in [3.63, 3.8) is 0 Å². The quantitative estimate of drug-likeness (QED) is 0.474. The van der Waals surface area contributed by atoms with Crippen LogP contribution < -0.4 is 10.6 Å². The third-order valence-corrected chi connectivity index (χ3v) is 5.50. The SMILES string of the molecule is COC(=O)c1cc(F)c(Cl)c(N[C@@H](C)C2CCC(NC(=O)OC(C)(C)C)CC2)c1F. The average molecular weight is 447 g/mol. The highest BCUT2D eigenvalue weighted by Gasteiger charge is 2.29. The first kappa shape index (κ1) is 24.2. The van der Waals surface area contributed by atoms with Gasteiger partial charge in [0.25, 0.3) is 0 Å². The van der Waals surface area contributed by atoms with E-state index in [1.165, 1.54) is 0 Å². The fourth-order valence-electron chi connectivity index (χ4n) is 3.57. The van der Waals surface area contributed by atoms with Gasteiger partial charge in [-0.2, -0.15) is 0 Å². The first-order valence-electron chi connectivity index (χ1n) is 9.94. The molecule has 1 fully saturated rings. The lowest BCUT2D eigenvalue weighted by Gasteiger charge is -2.34. The highest BCUT2D eigenvalue weighted by molar-refractivity contribution is 6.33. The Morgan fingerprint density at radius 2 is 1.80 bits per heavy atom. The standard InChI is InChI=1S/C21H29ClF2N2O4/c1-11(12-6-8-13(9-7-12)26-20(28)30-21(2,3)4)25-18-16(22)15(23)10-14(17(18)24)19(27)29-5/h10-13,25H,6-9H2,1-5H3,(H,26,28)/t11-,12?,13?/m0/s1. The molecule has 1 aromatic carbocycles. The van der Waals surface area contributed by atoms with Crippen LogP contribution in [0.4, 0.5) is 19.3 Å². The number of esters is 1. The minimum absolute atomic E-state index is 0.00345. The zero-order valence-electron chi connectivity index (χ0n) is 17.9. The van der Waals surface area contributed by atoms with Crippen molar-refractivity contribution >= 4 is 29.4 Å². The van der Waals surface area contributed by atoms with Crippen molar-refractivity contribution in [1.29, 1.82) is 0 Å². The van der Waals surface area contributed by atoms with Gasteiger partial charge in [-0.1, -0.05) is 11.6 Å². The molecule has 6 nitrogen and oxygen atoms in total. The van der Waals surface area contributed by atoms with Gasteiger partial charge >= 0.3 is 12.1 Å². The van der Waals surface area contributed by atoms with E-state index >= 15 is 0 Å². The van der Waals surface area contributed by atoms with Gasteiger partial charge in [-0.15, -0.1) is 0 Å². The minimum Gasteiger partial charge on any atom is -0.465 e. The van der Waals surface area contributed by atoms with E-state index in [9.17, 15) is 18.4 Å². The molecule has 1 atom stereocenters. The van der Waals surface area contributed by atoms with Gasteiger partial charge in [-0.25, -0.2) is 18.4 Å². The lowest BCUT2D eigenvalue weighted by atomic mass is 9.82. The molecule has 1 aromatic rings. The van der Waals surface area contributed by atoms with Crippen LogP contribution in [0.5, 0.6) is 0 Å². The van der Waals surface area contributed by atoms with Gasteiger partial charge in [0, 0.05) is 12.1 Å². The van der Waals surface area contributed by atoms with Gasteiger partial charge in [-0.3, -0.25) is 0 Å². The number of benzene rings is 1. The maximum absolute atomic E-state index is 14.7. The normalized spacial score (nSPS) is 20.3. The number of halogens is 3. The van der Waals surface area contributed by atoms with Crippen LogP contribution in [0.3, 0.4) is 0 Å². The second-order valence-electron chi connectivity index (χ2n) is 8.59. The Hall–Kier alpha value is -2.09. The van der Waals surface area contributed by atoms with Gasteiger partial charge < -0.3 is 20.1 Å². The molecule has 0 unspecified atom stereocenters. The number of nitrogens with one attached hydrogen (secondary N) is 2. The molecule has 0 saturated heterocycles. The highest BCUT2D eigenvalue weighted by Crippen LogP contribution is 2.34. The van der Waals surface area contributed by atoms with E-state index in [2.05, 4.69) is 15.4 Å². The number of hydrogen-bond acceptors (Lipinski definition) is 5. The summed E-state index contributed by atoms with van der Waals surface area (Å²) in [5, 5.41) is 5.39. The second-order valence-corrected chi connectivity index (χ2v) is 8.97. The van der Waals surface area contributed by atoms with Crippen molar-refractivity contribution in [2.45, 2.75) is 71.1 Å². The van der Waals surface area contributed by atoms with Gasteiger partial charge in [0.2, 0.25) is 0 Å². The van der Waals surface area contributed by atoms with E-state index in [1.54, 1.807) is 20.8 Å². The van der Waals surface area contributed by atoms with E-state index in [0.29, 0.717) is 0 Å². The van der Waals surface area contributed by atoms with Crippen molar-refractivity contribution in [1.82, 2.24) is 5.32 Å². The van der Waals surface area contributed by atoms with Crippen LogP contribution >= 0.6 is 11.6 Å². The average Bonchev–Trinajstić information content (AvgIpc) is 2.66. The third kappa shape index (κ3) is 6.20. The Bertz CT molecular complexity index is 790. The van der Waals surface area contributed by atoms with Crippen molar-refractivity contribution in [2.24, 2.45) is 5.92 Å². The molecule has 0 bridgehead atoms. The van der Waals surface area contributed by atoms with Gasteiger partial charge in [0.1, 0.15) is 22.0 Å². The number of ether oxygens (including phenoxy) is 2. The molecule has 2 N–H and O–H groups in total. The molecule has 2 rings (SSSR count). The Labute approximate surface area is 180 Å². The fourth-order valence-corrected chi connectivity index (χ4v) is 3.76. The Kier molecular flexibility index (Phi) is 7.91. The zero-order chi connectivity index (χ0) is 22.6. The van der Waals surface area contributed by atoms with Crippen molar-refractivity contribution in [2.75, 3.05) is 12.4 Å². The summed E-state index contributed by atoms with van der Waals surface area (Å²) in [6.45, 7) is 7.27. The van der Waals surface area contributed by atoms with Crippen molar-refractivity contribution < 1.29 is 27.8 Å². The Morgan fingerprint density at radius 3 is 2.33 bits per heavy atom. The van der Waals surface area contributed by atoms with E-state index in [4.69, 9.17) is 16.3 Å². The Morgan fingerprint density at radius 1 is 1.20 bits per heavy atom. The lowest BCUT2D eigenvalue weighted by Crippen LogP contribution is -2.42. The summed E-state index contributed by atoms with van der Waals surface area (Å²) in [6.07, 6.45) is 2.58. The number of anilines is 1. The molecule has 1 amide bonds. The van der Waals surface area contributed by atoms with Crippen LogP contribution in [0, 0.1) is 17.6 Å². The summed E-state index contributed by atoms with van der Waals surface area (Å²) in [7, 11) is 1.09.